The second-order valence-corrected chi connectivity index (χ2v) is 6.75. The van der Waals surface area contributed by atoms with Crippen molar-refractivity contribution in [3.63, 3.8) is 0 Å². The van der Waals surface area contributed by atoms with E-state index in [9.17, 15) is 4.79 Å². The minimum absolute atomic E-state index is 0.0658. The number of urea groups is 1. The summed E-state index contributed by atoms with van der Waals surface area (Å²) in [6.45, 7) is 3.43. The van der Waals surface area contributed by atoms with Gasteiger partial charge in [0.2, 0.25) is 0 Å². The molecule has 3 heterocycles. The Labute approximate surface area is 158 Å². The smallest absolute Gasteiger partial charge is 0.321 e. The second kappa shape index (κ2) is 7.26. The van der Waals surface area contributed by atoms with Crippen LogP contribution in [0.1, 0.15) is 24.7 Å². The number of methoxy groups -OCH3 is 1. The lowest BCUT2D eigenvalue weighted by molar-refractivity contribution is 0.184. The number of fused-ring (bicyclic) bond motifs is 1. The zero-order chi connectivity index (χ0) is 18.8. The largest absolute Gasteiger partial charge is 0.497 e. The van der Waals surface area contributed by atoms with Crippen LogP contribution in [0.15, 0.2) is 42.6 Å². The summed E-state index contributed by atoms with van der Waals surface area (Å²) in [6, 6.07) is 11.5. The lowest BCUT2D eigenvalue weighted by Crippen LogP contribution is -2.41. The highest BCUT2D eigenvalue weighted by molar-refractivity contribution is 5.89. The number of amides is 2. The summed E-state index contributed by atoms with van der Waals surface area (Å²) in [5.41, 5.74) is 2.62. The third-order valence-corrected chi connectivity index (χ3v) is 5.08. The van der Waals surface area contributed by atoms with Crippen LogP contribution in [0, 0.1) is 6.92 Å². The molecule has 0 radical (unpaired) electrons. The van der Waals surface area contributed by atoms with Gasteiger partial charge in [-0.3, -0.25) is 0 Å². The highest BCUT2D eigenvalue weighted by Crippen LogP contribution is 2.28. The summed E-state index contributed by atoms with van der Waals surface area (Å²) in [5, 5.41) is 2.95. The Hall–Kier alpha value is -3.09. The van der Waals surface area contributed by atoms with E-state index in [2.05, 4.69) is 19.9 Å². The molecule has 1 aliphatic heterocycles. The number of carbonyl (C=O) groups excluding carboxylic acids is 1. The van der Waals surface area contributed by atoms with E-state index in [1.54, 1.807) is 13.3 Å². The standard InChI is InChI=1S/C20H23N5O2/c1-14-22-18-4-3-11-21-19(18)25(14)16-9-12-24(13-10-16)20(26)23-15-5-7-17(27-2)8-6-15/h3-8,11,16H,9-10,12-13H2,1-2H3,(H,23,26). The molecule has 1 aromatic carbocycles. The van der Waals surface area contributed by atoms with Gasteiger partial charge in [0.25, 0.3) is 0 Å². The first-order chi connectivity index (χ1) is 13.2. The Morgan fingerprint density at radius 1 is 1.19 bits per heavy atom. The summed E-state index contributed by atoms with van der Waals surface area (Å²) < 4.78 is 7.36. The monoisotopic (exact) mass is 365 g/mol. The number of ether oxygens (including phenoxy) is 1. The Kier molecular flexibility index (Phi) is 4.66. The van der Waals surface area contributed by atoms with Gasteiger partial charge in [-0.05, 0) is 56.2 Å². The van der Waals surface area contributed by atoms with Gasteiger partial charge in [-0.2, -0.15) is 0 Å². The van der Waals surface area contributed by atoms with Crippen molar-refractivity contribution in [2.24, 2.45) is 0 Å². The number of aromatic nitrogens is 3. The van der Waals surface area contributed by atoms with Crippen LogP contribution in [0.25, 0.3) is 11.2 Å². The van der Waals surface area contributed by atoms with Crippen LogP contribution < -0.4 is 10.1 Å². The molecule has 3 aromatic rings. The summed E-state index contributed by atoms with van der Waals surface area (Å²) in [5.74, 6) is 1.75. The number of nitrogens with one attached hydrogen (secondary N) is 1. The third-order valence-electron chi connectivity index (χ3n) is 5.08. The molecule has 0 saturated carbocycles. The number of rotatable bonds is 3. The minimum atomic E-state index is -0.0658. The fourth-order valence-electron chi connectivity index (χ4n) is 3.68. The quantitative estimate of drug-likeness (QED) is 0.769. The maximum atomic E-state index is 12.5. The molecular weight excluding hydrogens is 342 g/mol. The van der Waals surface area contributed by atoms with Crippen molar-refractivity contribution >= 4 is 22.9 Å². The number of carbonyl (C=O) groups is 1. The number of aryl methyl sites for hydroxylation is 1. The first kappa shape index (κ1) is 17.3. The van der Waals surface area contributed by atoms with Crippen molar-refractivity contribution in [2.45, 2.75) is 25.8 Å². The number of likely N-dealkylation sites (tertiary alicyclic amines) is 1. The van der Waals surface area contributed by atoms with Gasteiger partial charge >= 0.3 is 6.03 Å². The molecule has 7 heteroatoms. The van der Waals surface area contributed by atoms with E-state index in [0.717, 1.165) is 41.3 Å². The SMILES string of the molecule is COc1ccc(NC(=O)N2CCC(n3c(C)nc4cccnc43)CC2)cc1. The average molecular weight is 365 g/mol. The van der Waals surface area contributed by atoms with E-state index in [0.29, 0.717) is 19.1 Å². The molecule has 4 rings (SSSR count). The second-order valence-electron chi connectivity index (χ2n) is 6.75. The lowest BCUT2D eigenvalue weighted by Gasteiger charge is -2.33. The summed E-state index contributed by atoms with van der Waals surface area (Å²) in [7, 11) is 1.62. The zero-order valence-electron chi connectivity index (χ0n) is 15.6. The van der Waals surface area contributed by atoms with Crippen LogP contribution in [-0.4, -0.2) is 45.7 Å². The van der Waals surface area contributed by atoms with Crippen molar-refractivity contribution < 1.29 is 9.53 Å². The van der Waals surface area contributed by atoms with Crippen molar-refractivity contribution in [1.82, 2.24) is 19.4 Å². The molecule has 0 bridgehead atoms. The van der Waals surface area contributed by atoms with E-state index in [1.165, 1.54) is 0 Å². The number of benzene rings is 1. The maximum absolute atomic E-state index is 12.5. The van der Waals surface area contributed by atoms with Crippen LogP contribution in [0.5, 0.6) is 5.75 Å². The lowest BCUT2D eigenvalue weighted by atomic mass is 10.0. The normalized spacial score (nSPS) is 15.1. The molecule has 0 aliphatic carbocycles. The topological polar surface area (TPSA) is 72.3 Å². The Morgan fingerprint density at radius 3 is 2.63 bits per heavy atom. The van der Waals surface area contributed by atoms with Gasteiger partial charge < -0.3 is 19.5 Å². The van der Waals surface area contributed by atoms with E-state index < -0.39 is 0 Å². The van der Waals surface area contributed by atoms with Crippen LogP contribution in [0.4, 0.5) is 10.5 Å². The van der Waals surface area contributed by atoms with Crippen molar-refractivity contribution in [3.8, 4) is 5.75 Å². The van der Waals surface area contributed by atoms with Gasteiger partial charge in [0.05, 0.1) is 7.11 Å². The number of anilines is 1. The fourth-order valence-corrected chi connectivity index (χ4v) is 3.68. The molecule has 0 unspecified atom stereocenters. The minimum Gasteiger partial charge on any atom is -0.497 e. The van der Waals surface area contributed by atoms with Gasteiger partial charge in [-0.15, -0.1) is 0 Å². The van der Waals surface area contributed by atoms with Crippen LogP contribution in [0.2, 0.25) is 0 Å². The van der Waals surface area contributed by atoms with Gasteiger partial charge in [-0.1, -0.05) is 0 Å². The molecule has 0 atom stereocenters. The van der Waals surface area contributed by atoms with Gasteiger partial charge in [0.15, 0.2) is 5.65 Å². The summed E-state index contributed by atoms with van der Waals surface area (Å²) in [4.78, 5) is 23.5. The number of hydrogen-bond donors (Lipinski definition) is 1. The molecule has 1 fully saturated rings. The molecule has 1 saturated heterocycles. The third kappa shape index (κ3) is 3.45. The fraction of sp³-hybridized carbons (Fsp3) is 0.350. The average Bonchev–Trinajstić information content (AvgIpc) is 3.04. The predicted octanol–water partition coefficient (Wildman–Crippen LogP) is 3.62. The predicted molar refractivity (Wildman–Crippen MR) is 104 cm³/mol. The molecule has 0 spiro atoms. The van der Waals surface area contributed by atoms with Crippen LogP contribution in [0.3, 0.4) is 0 Å². The van der Waals surface area contributed by atoms with Crippen LogP contribution >= 0.6 is 0 Å². The van der Waals surface area contributed by atoms with E-state index in [4.69, 9.17) is 4.74 Å². The zero-order valence-corrected chi connectivity index (χ0v) is 15.6. The molecule has 1 N–H and O–H groups in total. The molecule has 2 aromatic heterocycles. The highest BCUT2D eigenvalue weighted by Gasteiger charge is 2.26. The first-order valence-electron chi connectivity index (χ1n) is 9.15. The van der Waals surface area contributed by atoms with Crippen LogP contribution in [-0.2, 0) is 0 Å². The van der Waals surface area contributed by atoms with Gasteiger partial charge in [0, 0.05) is 31.0 Å². The molecule has 2 amide bonds. The first-order valence-corrected chi connectivity index (χ1v) is 9.15. The van der Waals surface area contributed by atoms with Gasteiger partial charge in [0.1, 0.15) is 17.1 Å². The van der Waals surface area contributed by atoms with Gasteiger partial charge in [-0.25, -0.2) is 14.8 Å². The Morgan fingerprint density at radius 2 is 1.93 bits per heavy atom. The number of imidazole rings is 1. The van der Waals surface area contributed by atoms with Crippen molar-refractivity contribution in [2.75, 3.05) is 25.5 Å². The molecule has 27 heavy (non-hydrogen) atoms. The van der Waals surface area contributed by atoms with E-state index >= 15 is 0 Å². The highest BCUT2D eigenvalue weighted by atomic mass is 16.5. The number of nitrogens with zero attached hydrogens (tertiary/aromatic N) is 4. The Bertz CT molecular complexity index is 943. The molecule has 1 aliphatic rings. The van der Waals surface area contributed by atoms with E-state index in [1.807, 2.05) is 48.2 Å². The number of hydrogen-bond acceptors (Lipinski definition) is 4. The Balaban J connectivity index is 1.40. The number of pyridine rings is 1. The van der Waals surface area contributed by atoms with Crippen molar-refractivity contribution in [3.05, 3.63) is 48.4 Å². The maximum Gasteiger partial charge on any atom is 0.321 e. The molecular formula is C20H23N5O2. The molecule has 7 nitrogen and oxygen atoms in total. The summed E-state index contributed by atoms with van der Waals surface area (Å²) in [6.07, 6.45) is 3.58. The van der Waals surface area contributed by atoms with E-state index in [-0.39, 0.29) is 6.03 Å². The van der Waals surface area contributed by atoms with Crippen molar-refractivity contribution in [1.29, 1.82) is 0 Å². The number of piperidine rings is 1. The summed E-state index contributed by atoms with van der Waals surface area (Å²) >= 11 is 0. The molecule has 140 valence electrons.